The van der Waals surface area contributed by atoms with Crippen LogP contribution >= 0.6 is 11.6 Å². The highest BCUT2D eigenvalue weighted by atomic mass is 35.5. The number of benzene rings is 1. The van der Waals surface area contributed by atoms with Gasteiger partial charge in [-0.15, -0.1) is 0 Å². The van der Waals surface area contributed by atoms with Crippen LogP contribution in [0.3, 0.4) is 0 Å². The Morgan fingerprint density at radius 1 is 1.56 bits per heavy atom. The Morgan fingerprint density at radius 3 is 2.94 bits per heavy atom. The van der Waals surface area contributed by atoms with E-state index in [-0.39, 0.29) is 17.2 Å². The molecule has 6 heteroatoms. The molecule has 18 heavy (non-hydrogen) atoms. The average Bonchev–Trinajstić information content (AvgIpc) is 2.73. The van der Waals surface area contributed by atoms with Crippen LogP contribution in [0, 0.1) is 0 Å². The number of ether oxygens (including phenoxy) is 1. The molecule has 0 aliphatic carbocycles. The van der Waals surface area contributed by atoms with Crippen molar-refractivity contribution < 1.29 is 14.6 Å². The van der Waals surface area contributed by atoms with Crippen molar-refractivity contribution in [1.29, 1.82) is 0 Å². The highest BCUT2D eigenvalue weighted by molar-refractivity contribution is 6.33. The zero-order chi connectivity index (χ0) is 13.1. The number of imidazole rings is 1. The number of aromatic carboxylic acids is 1. The Labute approximate surface area is 109 Å². The van der Waals surface area contributed by atoms with Crippen molar-refractivity contribution in [2.45, 2.75) is 6.61 Å². The van der Waals surface area contributed by atoms with E-state index < -0.39 is 5.97 Å². The summed E-state index contributed by atoms with van der Waals surface area (Å²) in [5.74, 6) is 0.115. The molecule has 0 atom stereocenters. The van der Waals surface area contributed by atoms with E-state index in [4.69, 9.17) is 21.4 Å². The van der Waals surface area contributed by atoms with Crippen molar-refractivity contribution in [2.24, 2.45) is 7.05 Å². The summed E-state index contributed by atoms with van der Waals surface area (Å²) in [5.41, 5.74) is 0.0222. The predicted octanol–water partition coefficient (Wildman–Crippen LogP) is 2.35. The zero-order valence-corrected chi connectivity index (χ0v) is 10.4. The Balaban J connectivity index is 2.13. The average molecular weight is 267 g/mol. The number of nitrogens with zero attached hydrogens (tertiary/aromatic N) is 2. The number of hydrogen-bond donors (Lipinski definition) is 1. The van der Waals surface area contributed by atoms with E-state index in [1.165, 1.54) is 12.1 Å². The quantitative estimate of drug-likeness (QED) is 0.923. The van der Waals surface area contributed by atoms with Crippen LogP contribution in [0.25, 0.3) is 0 Å². The molecule has 1 aromatic heterocycles. The molecule has 1 heterocycles. The lowest BCUT2D eigenvalue weighted by Crippen LogP contribution is -2.04. The molecule has 0 aliphatic heterocycles. The van der Waals surface area contributed by atoms with E-state index in [0.29, 0.717) is 5.75 Å². The molecular formula is C12H11ClN2O3. The highest BCUT2D eigenvalue weighted by Gasteiger charge is 2.10. The first-order valence-corrected chi connectivity index (χ1v) is 5.57. The molecule has 5 nitrogen and oxygen atoms in total. The molecule has 0 amide bonds. The summed E-state index contributed by atoms with van der Waals surface area (Å²) in [5, 5.41) is 9.12. The van der Waals surface area contributed by atoms with Gasteiger partial charge in [0.05, 0.1) is 10.6 Å². The first-order chi connectivity index (χ1) is 8.58. The van der Waals surface area contributed by atoms with Crippen LogP contribution in [0.15, 0.2) is 30.6 Å². The first kappa shape index (κ1) is 12.4. The molecule has 0 spiro atoms. The minimum Gasteiger partial charge on any atom is -0.486 e. The van der Waals surface area contributed by atoms with Crippen molar-refractivity contribution in [3.05, 3.63) is 47.0 Å². The Bertz CT molecular complexity index is 580. The molecular weight excluding hydrogens is 256 g/mol. The summed E-state index contributed by atoms with van der Waals surface area (Å²) < 4.78 is 7.30. The van der Waals surface area contributed by atoms with Crippen LogP contribution in [0.1, 0.15) is 16.2 Å². The van der Waals surface area contributed by atoms with Gasteiger partial charge in [-0.2, -0.15) is 0 Å². The van der Waals surface area contributed by atoms with Gasteiger partial charge in [0.1, 0.15) is 18.2 Å². The summed E-state index contributed by atoms with van der Waals surface area (Å²) in [4.78, 5) is 15.0. The molecule has 0 radical (unpaired) electrons. The number of aromatic nitrogens is 2. The maximum absolute atomic E-state index is 10.9. The molecule has 0 bridgehead atoms. The Hall–Kier alpha value is -2.01. The molecule has 0 saturated heterocycles. The fourth-order valence-corrected chi connectivity index (χ4v) is 1.64. The highest BCUT2D eigenvalue weighted by Crippen LogP contribution is 2.22. The van der Waals surface area contributed by atoms with Gasteiger partial charge in [-0.25, -0.2) is 9.78 Å². The van der Waals surface area contributed by atoms with Gasteiger partial charge in [-0.1, -0.05) is 11.6 Å². The first-order valence-electron chi connectivity index (χ1n) is 5.20. The second-order valence-corrected chi connectivity index (χ2v) is 4.10. The number of hydrogen-bond acceptors (Lipinski definition) is 3. The SMILES string of the molecule is Cn1ccnc1COc1ccc(Cl)c(C(=O)O)c1. The van der Waals surface area contributed by atoms with Crippen LogP contribution in [-0.2, 0) is 13.7 Å². The predicted molar refractivity (Wildman–Crippen MR) is 66.0 cm³/mol. The third kappa shape index (κ3) is 2.62. The Morgan fingerprint density at radius 2 is 2.33 bits per heavy atom. The lowest BCUT2D eigenvalue weighted by atomic mass is 10.2. The molecule has 0 fully saturated rings. The molecule has 1 aromatic carbocycles. The van der Waals surface area contributed by atoms with E-state index in [9.17, 15) is 4.79 Å². The van der Waals surface area contributed by atoms with Crippen LogP contribution in [0.5, 0.6) is 5.75 Å². The van der Waals surface area contributed by atoms with Gasteiger partial charge in [0.15, 0.2) is 0 Å². The summed E-state index contributed by atoms with van der Waals surface area (Å²) in [6, 6.07) is 4.52. The fraction of sp³-hybridized carbons (Fsp3) is 0.167. The minimum absolute atomic E-state index is 0.0222. The standard InChI is InChI=1S/C12H11ClN2O3/c1-15-5-4-14-11(15)7-18-8-2-3-10(13)9(6-8)12(16)17/h2-6H,7H2,1H3,(H,16,17). The number of aryl methyl sites for hydroxylation is 1. The zero-order valence-electron chi connectivity index (χ0n) is 9.63. The lowest BCUT2D eigenvalue weighted by molar-refractivity contribution is 0.0696. The normalized spacial score (nSPS) is 10.3. The smallest absolute Gasteiger partial charge is 0.337 e. The monoisotopic (exact) mass is 266 g/mol. The maximum atomic E-state index is 10.9. The molecule has 1 N–H and O–H groups in total. The second kappa shape index (κ2) is 5.10. The lowest BCUT2D eigenvalue weighted by Gasteiger charge is -2.07. The van der Waals surface area contributed by atoms with Crippen molar-refractivity contribution >= 4 is 17.6 Å². The van der Waals surface area contributed by atoms with Crippen molar-refractivity contribution in [3.63, 3.8) is 0 Å². The summed E-state index contributed by atoms with van der Waals surface area (Å²) in [6.07, 6.45) is 3.48. The largest absolute Gasteiger partial charge is 0.486 e. The topological polar surface area (TPSA) is 64.4 Å². The molecule has 94 valence electrons. The minimum atomic E-state index is -1.08. The summed E-state index contributed by atoms with van der Waals surface area (Å²) in [7, 11) is 1.86. The number of carbonyl (C=O) groups is 1. The van der Waals surface area contributed by atoms with E-state index in [0.717, 1.165) is 5.82 Å². The van der Waals surface area contributed by atoms with Gasteiger partial charge in [0.2, 0.25) is 0 Å². The molecule has 0 unspecified atom stereocenters. The number of carboxylic acids is 1. The van der Waals surface area contributed by atoms with Gasteiger partial charge in [0.25, 0.3) is 0 Å². The van der Waals surface area contributed by atoms with Crippen LogP contribution in [0.4, 0.5) is 0 Å². The van der Waals surface area contributed by atoms with Gasteiger partial charge < -0.3 is 14.4 Å². The van der Waals surface area contributed by atoms with Gasteiger partial charge >= 0.3 is 5.97 Å². The number of halogens is 1. The third-order valence-corrected chi connectivity index (χ3v) is 2.79. The molecule has 2 aromatic rings. The summed E-state index contributed by atoms with van der Waals surface area (Å²) in [6.45, 7) is 0.268. The second-order valence-electron chi connectivity index (χ2n) is 3.69. The van der Waals surface area contributed by atoms with Crippen LogP contribution < -0.4 is 4.74 Å². The van der Waals surface area contributed by atoms with Gasteiger partial charge in [-0.05, 0) is 18.2 Å². The fourth-order valence-electron chi connectivity index (χ4n) is 1.44. The van der Waals surface area contributed by atoms with E-state index in [1.807, 2.05) is 17.8 Å². The van der Waals surface area contributed by atoms with E-state index in [1.54, 1.807) is 12.3 Å². The van der Waals surface area contributed by atoms with E-state index >= 15 is 0 Å². The van der Waals surface area contributed by atoms with E-state index in [2.05, 4.69) is 4.98 Å². The van der Waals surface area contributed by atoms with Gasteiger partial charge in [0, 0.05) is 19.4 Å². The third-order valence-electron chi connectivity index (χ3n) is 2.46. The molecule has 0 aliphatic rings. The van der Waals surface area contributed by atoms with Crippen LogP contribution in [-0.4, -0.2) is 20.6 Å². The summed E-state index contributed by atoms with van der Waals surface area (Å²) >= 11 is 5.76. The maximum Gasteiger partial charge on any atom is 0.337 e. The van der Waals surface area contributed by atoms with Crippen molar-refractivity contribution in [3.8, 4) is 5.75 Å². The number of carboxylic acid groups (broad SMARTS) is 1. The van der Waals surface area contributed by atoms with Crippen molar-refractivity contribution in [1.82, 2.24) is 9.55 Å². The van der Waals surface area contributed by atoms with Crippen molar-refractivity contribution in [2.75, 3.05) is 0 Å². The number of rotatable bonds is 4. The van der Waals surface area contributed by atoms with Gasteiger partial charge in [-0.3, -0.25) is 0 Å². The molecule has 2 rings (SSSR count). The Kier molecular flexibility index (Phi) is 3.53. The molecule has 0 saturated carbocycles. The van der Waals surface area contributed by atoms with Crippen LogP contribution in [0.2, 0.25) is 5.02 Å².